The zero-order valence-corrected chi connectivity index (χ0v) is 13.4. The average molecular weight is 310 g/mol. The first kappa shape index (κ1) is 14.8. The molecule has 0 radical (unpaired) electrons. The molecule has 0 unspecified atom stereocenters. The molecule has 0 aromatic carbocycles. The molecule has 21 heavy (non-hydrogen) atoms. The van der Waals surface area contributed by atoms with Crippen molar-refractivity contribution in [3.05, 3.63) is 5.28 Å². The van der Waals surface area contributed by atoms with E-state index in [1.807, 2.05) is 0 Å². The van der Waals surface area contributed by atoms with Crippen molar-refractivity contribution in [2.45, 2.75) is 57.9 Å². The Morgan fingerprint density at radius 1 is 1.00 bits per heavy atom. The van der Waals surface area contributed by atoms with Crippen LogP contribution in [-0.4, -0.2) is 34.1 Å². The second-order valence-electron chi connectivity index (χ2n) is 6.38. The number of hydrogen-bond donors (Lipinski definition) is 1. The van der Waals surface area contributed by atoms with Gasteiger partial charge in [0.05, 0.1) is 0 Å². The molecule has 116 valence electrons. The quantitative estimate of drug-likeness (QED) is 0.926. The molecule has 5 nitrogen and oxygen atoms in total. The van der Waals surface area contributed by atoms with Crippen molar-refractivity contribution < 1.29 is 0 Å². The van der Waals surface area contributed by atoms with Crippen molar-refractivity contribution in [3.63, 3.8) is 0 Å². The van der Waals surface area contributed by atoms with E-state index in [1.54, 1.807) is 0 Å². The van der Waals surface area contributed by atoms with Crippen LogP contribution in [0.2, 0.25) is 5.28 Å². The highest BCUT2D eigenvalue weighted by molar-refractivity contribution is 6.28. The molecule has 2 aliphatic rings. The highest BCUT2D eigenvalue weighted by atomic mass is 35.5. The molecule has 0 bridgehead atoms. The lowest BCUT2D eigenvalue weighted by Gasteiger charge is -2.30. The molecular formula is C15H24ClN5. The molecule has 1 saturated carbocycles. The van der Waals surface area contributed by atoms with Crippen LogP contribution in [-0.2, 0) is 0 Å². The van der Waals surface area contributed by atoms with Gasteiger partial charge in [-0.2, -0.15) is 15.0 Å². The first-order valence-corrected chi connectivity index (χ1v) is 8.51. The third-order valence-electron chi connectivity index (χ3n) is 4.60. The number of aromatic nitrogens is 3. The summed E-state index contributed by atoms with van der Waals surface area (Å²) < 4.78 is 0. The van der Waals surface area contributed by atoms with E-state index in [0.29, 0.717) is 12.0 Å². The maximum Gasteiger partial charge on any atom is 0.231 e. The highest BCUT2D eigenvalue weighted by Crippen LogP contribution is 2.24. The Kier molecular flexibility index (Phi) is 4.78. The van der Waals surface area contributed by atoms with E-state index in [2.05, 4.69) is 32.1 Å². The summed E-state index contributed by atoms with van der Waals surface area (Å²) in [6, 6.07) is 0.478. The minimum atomic E-state index is 0.289. The van der Waals surface area contributed by atoms with Gasteiger partial charge in [0.2, 0.25) is 17.2 Å². The first-order valence-electron chi connectivity index (χ1n) is 8.14. The molecular weight excluding hydrogens is 286 g/mol. The monoisotopic (exact) mass is 309 g/mol. The number of halogens is 1. The van der Waals surface area contributed by atoms with E-state index in [9.17, 15) is 0 Å². The molecule has 0 amide bonds. The molecule has 1 N–H and O–H groups in total. The molecule has 1 aromatic rings. The molecule has 3 rings (SSSR count). The van der Waals surface area contributed by atoms with Crippen molar-refractivity contribution in [2.24, 2.45) is 5.92 Å². The molecule has 1 aromatic heterocycles. The molecule has 2 heterocycles. The van der Waals surface area contributed by atoms with E-state index >= 15 is 0 Å². The van der Waals surface area contributed by atoms with Gasteiger partial charge in [0.1, 0.15) is 0 Å². The van der Waals surface area contributed by atoms with E-state index in [1.165, 1.54) is 44.9 Å². The van der Waals surface area contributed by atoms with E-state index < -0.39 is 0 Å². The topological polar surface area (TPSA) is 53.9 Å². The van der Waals surface area contributed by atoms with Crippen molar-refractivity contribution in [3.8, 4) is 0 Å². The average Bonchev–Trinajstić information content (AvgIpc) is 2.48. The Hall–Kier alpha value is -1.10. The van der Waals surface area contributed by atoms with E-state index in [0.717, 1.165) is 25.0 Å². The maximum absolute atomic E-state index is 6.09. The summed E-state index contributed by atoms with van der Waals surface area (Å²) in [7, 11) is 0. The Morgan fingerprint density at radius 3 is 2.43 bits per heavy atom. The van der Waals surface area contributed by atoms with E-state index in [-0.39, 0.29) is 5.28 Å². The summed E-state index contributed by atoms with van der Waals surface area (Å²) in [5.41, 5.74) is 0. The smallest absolute Gasteiger partial charge is 0.231 e. The number of nitrogens with zero attached hydrogens (tertiary/aromatic N) is 4. The summed E-state index contributed by atoms with van der Waals surface area (Å²) >= 11 is 6.09. The predicted octanol–water partition coefficient (Wildman–Crippen LogP) is 3.51. The molecule has 2 fully saturated rings. The van der Waals surface area contributed by atoms with Crippen LogP contribution in [0, 0.1) is 5.92 Å². The predicted molar refractivity (Wildman–Crippen MR) is 85.9 cm³/mol. The van der Waals surface area contributed by atoms with Crippen molar-refractivity contribution in [1.29, 1.82) is 0 Å². The fourth-order valence-electron chi connectivity index (χ4n) is 3.18. The Balaban J connectivity index is 1.70. The second kappa shape index (κ2) is 6.77. The van der Waals surface area contributed by atoms with Crippen LogP contribution in [0.25, 0.3) is 0 Å². The fourth-order valence-corrected chi connectivity index (χ4v) is 3.34. The van der Waals surface area contributed by atoms with Gasteiger partial charge in [0.15, 0.2) is 0 Å². The fraction of sp³-hybridized carbons (Fsp3) is 0.800. The lowest BCUT2D eigenvalue weighted by molar-refractivity contribution is 0.434. The summed E-state index contributed by atoms with van der Waals surface area (Å²) in [4.78, 5) is 15.4. The van der Waals surface area contributed by atoms with Gasteiger partial charge in [0.25, 0.3) is 0 Å². The largest absolute Gasteiger partial charge is 0.351 e. The number of hydrogen-bond acceptors (Lipinski definition) is 5. The van der Waals surface area contributed by atoms with Crippen LogP contribution >= 0.6 is 11.6 Å². The highest BCUT2D eigenvalue weighted by Gasteiger charge is 2.20. The zero-order valence-electron chi connectivity index (χ0n) is 12.7. The third-order valence-corrected chi connectivity index (χ3v) is 4.77. The second-order valence-corrected chi connectivity index (χ2v) is 6.71. The summed E-state index contributed by atoms with van der Waals surface area (Å²) in [6.07, 6.45) is 8.68. The lowest BCUT2D eigenvalue weighted by Crippen LogP contribution is -2.34. The number of rotatable bonds is 3. The van der Waals surface area contributed by atoms with Gasteiger partial charge in [-0.05, 0) is 43.2 Å². The van der Waals surface area contributed by atoms with Crippen molar-refractivity contribution >= 4 is 23.5 Å². The molecule has 1 aliphatic heterocycles. The van der Waals surface area contributed by atoms with Crippen LogP contribution in [0.15, 0.2) is 0 Å². The first-order chi connectivity index (χ1) is 10.2. The number of anilines is 2. The zero-order chi connectivity index (χ0) is 14.7. The van der Waals surface area contributed by atoms with Crippen LogP contribution < -0.4 is 10.2 Å². The molecule has 1 saturated heterocycles. The SMILES string of the molecule is CC1CCN(c2nc(Cl)nc(NC3CCCCC3)n2)CC1. The van der Waals surface area contributed by atoms with Gasteiger partial charge >= 0.3 is 0 Å². The summed E-state index contributed by atoms with van der Waals surface area (Å²) in [6.45, 7) is 4.31. The lowest BCUT2D eigenvalue weighted by atomic mass is 9.96. The van der Waals surface area contributed by atoms with Gasteiger partial charge in [-0.1, -0.05) is 26.2 Å². The maximum atomic E-state index is 6.09. The Labute approximate surface area is 131 Å². The molecule has 0 atom stereocenters. The van der Waals surface area contributed by atoms with Gasteiger partial charge in [0, 0.05) is 19.1 Å². The van der Waals surface area contributed by atoms with Crippen molar-refractivity contribution in [1.82, 2.24) is 15.0 Å². The summed E-state index contributed by atoms with van der Waals surface area (Å²) in [5, 5.41) is 3.73. The standard InChI is InChI=1S/C15H24ClN5/c1-11-7-9-21(10-8-11)15-19-13(16)18-14(20-15)17-12-5-3-2-4-6-12/h11-12H,2-10H2,1H3,(H,17,18,19,20). The molecule has 1 aliphatic carbocycles. The van der Waals surface area contributed by atoms with Crippen LogP contribution in [0.1, 0.15) is 51.9 Å². The number of nitrogens with one attached hydrogen (secondary N) is 1. The minimum absolute atomic E-state index is 0.289. The third kappa shape index (κ3) is 3.96. The van der Waals surface area contributed by atoms with Crippen LogP contribution in [0.4, 0.5) is 11.9 Å². The van der Waals surface area contributed by atoms with Gasteiger partial charge in [-0.15, -0.1) is 0 Å². The molecule has 0 spiro atoms. The van der Waals surface area contributed by atoms with E-state index in [4.69, 9.17) is 11.6 Å². The minimum Gasteiger partial charge on any atom is -0.351 e. The Bertz CT molecular complexity index is 467. The van der Waals surface area contributed by atoms with Crippen LogP contribution in [0.3, 0.4) is 0 Å². The van der Waals surface area contributed by atoms with Gasteiger partial charge < -0.3 is 10.2 Å². The normalized spacial score (nSPS) is 21.5. The van der Waals surface area contributed by atoms with Crippen LogP contribution in [0.5, 0.6) is 0 Å². The molecule has 6 heteroatoms. The van der Waals surface area contributed by atoms with Gasteiger partial charge in [-0.3, -0.25) is 0 Å². The van der Waals surface area contributed by atoms with Gasteiger partial charge in [-0.25, -0.2) is 0 Å². The Morgan fingerprint density at radius 2 is 1.71 bits per heavy atom. The van der Waals surface area contributed by atoms with Crippen molar-refractivity contribution in [2.75, 3.05) is 23.3 Å². The summed E-state index contributed by atoms with van der Waals surface area (Å²) in [5.74, 6) is 2.15. The number of piperidine rings is 1.